The van der Waals surface area contributed by atoms with Gasteiger partial charge in [-0.05, 0) is 103 Å². The van der Waals surface area contributed by atoms with E-state index in [2.05, 4.69) is 13.8 Å². The molecule has 0 saturated heterocycles. The van der Waals surface area contributed by atoms with Crippen LogP contribution in [0.4, 0.5) is 10.5 Å². The number of rotatable bonds is 5. The number of nitro benzene ring substituents is 1. The Morgan fingerprint density at radius 1 is 1.10 bits per heavy atom. The van der Waals surface area contributed by atoms with Crippen molar-refractivity contribution in [1.82, 2.24) is 0 Å². The number of benzene rings is 1. The molecule has 9 atom stereocenters. The van der Waals surface area contributed by atoms with Crippen LogP contribution < -0.4 is 0 Å². The Morgan fingerprint density at radius 2 is 1.85 bits per heavy atom. The minimum atomic E-state index is -1.05. The number of non-ortho nitro benzene ring substituents is 1. The number of nitro groups is 1. The molecular weight excluding hydrogens is 526 g/mol. The molecular formula is C32H41NO8. The van der Waals surface area contributed by atoms with Crippen LogP contribution in [0.1, 0.15) is 77.7 Å². The lowest BCUT2D eigenvalue weighted by Crippen LogP contribution is -2.67. The number of carbonyl (C=O) groups excluding carboxylic acids is 2. The van der Waals surface area contributed by atoms with Crippen LogP contribution in [0.2, 0.25) is 0 Å². The molecule has 0 aromatic heterocycles. The standard InChI is InChI=1S/C32H41NO8/c1-19-10-12-30(2)22(14-19)6-9-25-26(30)16-27(41-29(35)40-17-20-4-7-23(8-5-20)33(37)38)31(3)24(11-13-32(25,31)36)21-15-28(34)39-18-21/h4-5,7-8,15,19,22,24-27,36H,6,9-14,16-18H2,1-3H3/t19-,22+,24+,25+,26-,27+,30-,31-,32-/m0/s1. The van der Waals surface area contributed by atoms with Gasteiger partial charge in [0.25, 0.3) is 5.69 Å². The van der Waals surface area contributed by atoms with E-state index in [4.69, 9.17) is 14.2 Å². The van der Waals surface area contributed by atoms with Crippen LogP contribution in [0.15, 0.2) is 35.9 Å². The third-order valence-electron chi connectivity index (χ3n) is 12.0. The first-order valence-electron chi connectivity index (χ1n) is 15.1. The Kier molecular flexibility index (Phi) is 6.95. The van der Waals surface area contributed by atoms with Crippen molar-refractivity contribution in [3.05, 3.63) is 51.6 Å². The number of aliphatic hydroxyl groups is 1. The maximum absolute atomic E-state index is 13.2. The first kappa shape index (κ1) is 28.2. The second-order valence-corrected chi connectivity index (χ2v) is 13.8. The third kappa shape index (κ3) is 4.46. The Bertz CT molecular complexity index is 1260. The van der Waals surface area contributed by atoms with E-state index in [0.717, 1.165) is 24.8 Å². The summed E-state index contributed by atoms with van der Waals surface area (Å²) in [6.45, 7) is 6.90. The highest BCUT2D eigenvalue weighted by Gasteiger charge is 2.72. The van der Waals surface area contributed by atoms with E-state index >= 15 is 0 Å². The maximum Gasteiger partial charge on any atom is 0.508 e. The van der Waals surface area contributed by atoms with Crippen molar-refractivity contribution in [3.8, 4) is 0 Å². The number of carbonyl (C=O) groups is 2. The summed E-state index contributed by atoms with van der Waals surface area (Å²) < 4.78 is 17.0. The van der Waals surface area contributed by atoms with Crippen molar-refractivity contribution in [2.75, 3.05) is 6.61 Å². The number of cyclic esters (lactones) is 1. The first-order chi connectivity index (χ1) is 19.5. The molecule has 4 aliphatic carbocycles. The van der Waals surface area contributed by atoms with Gasteiger partial charge in [0.1, 0.15) is 19.3 Å². The number of fused-ring (bicyclic) bond motifs is 5. The average Bonchev–Trinajstić information content (AvgIpc) is 3.49. The van der Waals surface area contributed by atoms with Crippen LogP contribution in [0.5, 0.6) is 0 Å². The third-order valence-corrected chi connectivity index (χ3v) is 12.0. The molecule has 9 heteroatoms. The van der Waals surface area contributed by atoms with Crippen LogP contribution in [0.3, 0.4) is 0 Å². The Morgan fingerprint density at radius 3 is 2.54 bits per heavy atom. The summed E-state index contributed by atoms with van der Waals surface area (Å²) in [4.78, 5) is 35.7. The first-order valence-corrected chi connectivity index (χ1v) is 15.1. The topological polar surface area (TPSA) is 125 Å². The molecule has 0 unspecified atom stereocenters. The fraction of sp³-hybridized carbons (Fsp3) is 0.688. The molecule has 9 nitrogen and oxygen atoms in total. The summed E-state index contributed by atoms with van der Waals surface area (Å²) in [5.41, 5.74) is -0.332. The minimum absolute atomic E-state index is 0.0346. The molecule has 0 radical (unpaired) electrons. The molecule has 0 spiro atoms. The molecule has 1 heterocycles. The number of nitrogens with zero attached hydrogens (tertiary/aromatic N) is 1. The highest BCUT2D eigenvalue weighted by atomic mass is 16.7. The quantitative estimate of drug-likeness (QED) is 0.256. The predicted octanol–water partition coefficient (Wildman–Crippen LogP) is 6.12. The second kappa shape index (κ2) is 10.1. The van der Waals surface area contributed by atoms with E-state index in [9.17, 15) is 24.8 Å². The van der Waals surface area contributed by atoms with Crippen molar-refractivity contribution in [2.24, 2.45) is 40.4 Å². The normalized spacial score (nSPS) is 41.4. The Hall–Kier alpha value is -2.94. The van der Waals surface area contributed by atoms with Crippen molar-refractivity contribution in [1.29, 1.82) is 0 Å². The zero-order valence-corrected chi connectivity index (χ0v) is 24.2. The van der Waals surface area contributed by atoms with Crippen molar-refractivity contribution in [3.63, 3.8) is 0 Å². The lowest BCUT2D eigenvalue weighted by molar-refractivity contribution is -0.384. The molecule has 1 aliphatic heterocycles. The van der Waals surface area contributed by atoms with Crippen LogP contribution in [0, 0.1) is 50.5 Å². The smallest absolute Gasteiger partial charge is 0.458 e. The van der Waals surface area contributed by atoms with Crippen molar-refractivity contribution >= 4 is 17.8 Å². The number of hydrogen-bond acceptors (Lipinski definition) is 8. The van der Waals surface area contributed by atoms with Gasteiger partial charge in [-0.2, -0.15) is 0 Å². The molecule has 222 valence electrons. The molecule has 4 fully saturated rings. The monoisotopic (exact) mass is 567 g/mol. The summed E-state index contributed by atoms with van der Waals surface area (Å²) in [6, 6.07) is 5.86. The summed E-state index contributed by atoms with van der Waals surface area (Å²) in [5.74, 6) is 1.10. The van der Waals surface area contributed by atoms with Gasteiger partial charge in [-0.1, -0.05) is 27.2 Å². The zero-order valence-electron chi connectivity index (χ0n) is 24.2. The van der Waals surface area contributed by atoms with Gasteiger partial charge >= 0.3 is 12.1 Å². The molecule has 0 amide bonds. The SMILES string of the molecule is C[C@H]1CC[C@@]2(C)[C@H](CC[C@@H]3[C@@H]2C[C@@H](OC(=O)OCc2ccc([N+](=O)[O-])cc2)[C@]2(C)[C@@H](C4=CC(=O)OC4)CC[C@]32O)C1. The average molecular weight is 568 g/mol. The summed E-state index contributed by atoms with van der Waals surface area (Å²) in [6.07, 6.45) is 7.64. The highest BCUT2D eigenvalue weighted by Crippen LogP contribution is 2.70. The van der Waals surface area contributed by atoms with Gasteiger partial charge in [0.05, 0.1) is 10.5 Å². The van der Waals surface area contributed by atoms with Crippen LogP contribution in [-0.4, -0.2) is 40.5 Å². The van der Waals surface area contributed by atoms with Crippen LogP contribution in [-0.2, 0) is 25.6 Å². The molecule has 1 N–H and O–H groups in total. The van der Waals surface area contributed by atoms with Gasteiger partial charge in [0.2, 0.25) is 0 Å². The lowest BCUT2D eigenvalue weighted by Gasteiger charge is -2.65. The van der Waals surface area contributed by atoms with E-state index in [-0.39, 0.29) is 48.0 Å². The van der Waals surface area contributed by atoms with E-state index < -0.39 is 28.2 Å². The van der Waals surface area contributed by atoms with E-state index in [1.165, 1.54) is 25.0 Å². The number of ether oxygens (including phenoxy) is 3. The molecule has 6 rings (SSSR count). The minimum Gasteiger partial charge on any atom is -0.458 e. The predicted molar refractivity (Wildman–Crippen MR) is 148 cm³/mol. The second-order valence-electron chi connectivity index (χ2n) is 13.8. The molecule has 41 heavy (non-hydrogen) atoms. The van der Waals surface area contributed by atoms with Gasteiger partial charge in [0, 0.05) is 23.6 Å². The van der Waals surface area contributed by atoms with Gasteiger partial charge in [-0.15, -0.1) is 0 Å². The lowest BCUT2D eigenvalue weighted by atomic mass is 9.42. The van der Waals surface area contributed by atoms with Crippen LogP contribution >= 0.6 is 0 Å². The van der Waals surface area contributed by atoms with Gasteiger partial charge in [-0.25, -0.2) is 9.59 Å². The molecule has 1 aromatic carbocycles. The Balaban J connectivity index is 1.29. The summed E-state index contributed by atoms with van der Waals surface area (Å²) >= 11 is 0. The van der Waals surface area contributed by atoms with Crippen LogP contribution in [0.25, 0.3) is 0 Å². The van der Waals surface area contributed by atoms with Crippen molar-refractivity contribution < 1.29 is 33.8 Å². The maximum atomic E-state index is 13.2. The molecule has 4 saturated carbocycles. The van der Waals surface area contributed by atoms with Gasteiger partial charge in [-0.3, -0.25) is 10.1 Å². The van der Waals surface area contributed by atoms with Gasteiger partial charge < -0.3 is 19.3 Å². The molecule has 1 aromatic rings. The summed E-state index contributed by atoms with van der Waals surface area (Å²) in [7, 11) is 0. The van der Waals surface area contributed by atoms with E-state index in [1.54, 1.807) is 18.2 Å². The van der Waals surface area contributed by atoms with E-state index in [0.29, 0.717) is 36.7 Å². The molecule has 0 bridgehead atoms. The zero-order chi connectivity index (χ0) is 29.2. The number of hydrogen-bond donors (Lipinski definition) is 1. The number of esters is 1. The van der Waals surface area contributed by atoms with Gasteiger partial charge in [0.15, 0.2) is 0 Å². The van der Waals surface area contributed by atoms with E-state index in [1.807, 2.05) is 6.92 Å². The van der Waals surface area contributed by atoms with Crippen molar-refractivity contribution in [2.45, 2.75) is 90.4 Å². The molecule has 5 aliphatic rings. The Labute approximate surface area is 240 Å². The largest absolute Gasteiger partial charge is 0.508 e. The fourth-order valence-corrected chi connectivity index (χ4v) is 9.75. The highest BCUT2D eigenvalue weighted by molar-refractivity contribution is 5.85. The summed E-state index contributed by atoms with van der Waals surface area (Å²) in [5, 5.41) is 23.7. The fourth-order valence-electron chi connectivity index (χ4n) is 9.75.